The summed E-state index contributed by atoms with van der Waals surface area (Å²) >= 11 is 3.27. The summed E-state index contributed by atoms with van der Waals surface area (Å²) in [6, 6.07) is 3.55. The Morgan fingerprint density at radius 1 is 1.59 bits per heavy atom. The molecule has 0 unspecified atom stereocenters. The molecule has 94 valence electrons. The summed E-state index contributed by atoms with van der Waals surface area (Å²) in [5.74, 6) is 0.425. The number of rotatable bonds is 6. The van der Waals surface area contributed by atoms with Crippen LogP contribution >= 0.6 is 15.9 Å². The summed E-state index contributed by atoms with van der Waals surface area (Å²) in [4.78, 5) is 17.5. The van der Waals surface area contributed by atoms with Crippen LogP contribution in [0.25, 0.3) is 0 Å². The minimum atomic E-state index is -0.111. The van der Waals surface area contributed by atoms with E-state index >= 15 is 0 Å². The van der Waals surface area contributed by atoms with E-state index in [4.69, 9.17) is 5.11 Å². The molecule has 17 heavy (non-hydrogen) atoms. The van der Waals surface area contributed by atoms with E-state index in [0.29, 0.717) is 18.8 Å². The van der Waals surface area contributed by atoms with E-state index in [1.807, 2.05) is 18.0 Å². The molecule has 0 saturated carbocycles. The third-order valence-corrected chi connectivity index (χ3v) is 2.58. The molecule has 1 rings (SSSR count). The predicted octanol–water partition coefficient (Wildman–Crippen LogP) is 1.10. The first-order chi connectivity index (χ1) is 8.11. The molecule has 0 aliphatic rings. The number of anilines is 1. The number of carbonyl (C=O) groups excluding carboxylic acids is 1. The number of amides is 1. The van der Waals surface area contributed by atoms with Gasteiger partial charge in [0.05, 0.1) is 6.54 Å². The predicted molar refractivity (Wildman–Crippen MR) is 69.8 cm³/mol. The van der Waals surface area contributed by atoms with Crippen LogP contribution in [0.15, 0.2) is 22.8 Å². The molecular formula is C11H16BrN3O2. The number of pyridine rings is 1. The van der Waals surface area contributed by atoms with Crippen molar-refractivity contribution in [2.45, 2.75) is 6.42 Å². The van der Waals surface area contributed by atoms with Crippen molar-refractivity contribution < 1.29 is 9.90 Å². The van der Waals surface area contributed by atoms with Gasteiger partial charge in [0, 0.05) is 23.8 Å². The van der Waals surface area contributed by atoms with Gasteiger partial charge in [-0.25, -0.2) is 4.98 Å². The molecule has 0 aromatic carbocycles. The highest BCUT2D eigenvalue weighted by Crippen LogP contribution is 2.10. The lowest BCUT2D eigenvalue weighted by atomic mass is 10.4. The van der Waals surface area contributed by atoms with E-state index in [2.05, 4.69) is 26.2 Å². The van der Waals surface area contributed by atoms with Gasteiger partial charge in [-0.2, -0.15) is 0 Å². The topological polar surface area (TPSA) is 65.5 Å². The Hall–Kier alpha value is -0.980. The summed E-state index contributed by atoms with van der Waals surface area (Å²) in [6.07, 6.45) is 2.30. The fourth-order valence-electron chi connectivity index (χ4n) is 1.30. The molecule has 5 nitrogen and oxygen atoms in total. The van der Waals surface area contributed by atoms with Crippen molar-refractivity contribution in [2.24, 2.45) is 0 Å². The molecule has 0 aliphatic carbocycles. The van der Waals surface area contributed by atoms with Crippen molar-refractivity contribution >= 4 is 27.7 Å². The maximum atomic E-state index is 11.6. The van der Waals surface area contributed by atoms with Crippen LogP contribution in [0.4, 0.5) is 5.82 Å². The van der Waals surface area contributed by atoms with Crippen LogP contribution in [0.1, 0.15) is 6.42 Å². The van der Waals surface area contributed by atoms with Crippen molar-refractivity contribution in [1.29, 1.82) is 0 Å². The first kappa shape index (κ1) is 14.1. The Kier molecular flexibility index (Phi) is 6.10. The Balaban J connectivity index is 2.36. The highest BCUT2D eigenvalue weighted by molar-refractivity contribution is 9.10. The van der Waals surface area contributed by atoms with Crippen molar-refractivity contribution in [2.75, 3.05) is 32.1 Å². The van der Waals surface area contributed by atoms with Gasteiger partial charge >= 0.3 is 0 Å². The first-order valence-corrected chi connectivity index (χ1v) is 6.12. The Morgan fingerprint density at radius 3 is 2.94 bits per heavy atom. The standard InChI is InChI=1S/C11H16BrN3O2/c1-15(5-2-6-16)8-11(17)14-10-4-3-9(12)7-13-10/h3-4,7,16H,2,5-6,8H2,1H3,(H,13,14,17). The number of aliphatic hydroxyl groups excluding tert-OH is 1. The smallest absolute Gasteiger partial charge is 0.239 e. The Morgan fingerprint density at radius 2 is 2.35 bits per heavy atom. The number of halogens is 1. The minimum absolute atomic E-state index is 0.111. The van der Waals surface area contributed by atoms with E-state index in [0.717, 1.165) is 4.47 Å². The fourth-order valence-corrected chi connectivity index (χ4v) is 1.53. The summed E-state index contributed by atoms with van der Waals surface area (Å²) < 4.78 is 0.871. The lowest BCUT2D eigenvalue weighted by Gasteiger charge is -2.15. The fraction of sp³-hybridized carbons (Fsp3) is 0.455. The number of aliphatic hydroxyl groups is 1. The number of nitrogens with one attached hydrogen (secondary N) is 1. The second-order valence-corrected chi connectivity index (χ2v) is 4.64. The highest BCUT2D eigenvalue weighted by atomic mass is 79.9. The molecule has 1 aromatic heterocycles. The SMILES string of the molecule is CN(CCCO)CC(=O)Nc1ccc(Br)cn1. The van der Waals surface area contributed by atoms with Crippen molar-refractivity contribution in [3.63, 3.8) is 0 Å². The first-order valence-electron chi connectivity index (χ1n) is 5.32. The largest absolute Gasteiger partial charge is 0.396 e. The average Bonchev–Trinajstić information content (AvgIpc) is 2.29. The summed E-state index contributed by atoms with van der Waals surface area (Å²) in [5, 5.41) is 11.4. The van der Waals surface area contributed by atoms with Crippen LogP contribution < -0.4 is 5.32 Å². The molecule has 6 heteroatoms. The molecule has 1 amide bonds. The van der Waals surface area contributed by atoms with Gasteiger partial charge < -0.3 is 10.4 Å². The van der Waals surface area contributed by atoms with Gasteiger partial charge in [0.15, 0.2) is 0 Å². The normalized spacial score (nSPS) is 10.6. The number of likely N-dealkylation sites (N-methyl/N-ethyl adjacent to an activating group) is 1. The van der Waals surface area contributed by atoms with Crippen LogP contribution in [0.5, 0.6) is 0 Å². The summed E-state index contributed by atoms with van der Waals surface area (Å²) in [6.45, 7) is 1.12. The summed E-state index contributed by atoms with van der Waals surface area (Å²) in [5.41, 5.74) is 0. The monoisotopic (exact) mass is 301 g/mol. The maximum Gasteiger partial charge on any atom is 0.239 e. The van der Waals surface area contributed by atoms with Gasteiger partial charge in [-0.05, 0) is 41.5 Å². The highest BCUT2D eigenvalue weighted by Gasteiger charge is 2.06. The second kappa shape index (κ2) is 7.37. The molecule has 2 N–H and O–H groups in total. The van der Waals surface area contributed by atoms with Gasteiger partial charge in [-0.15, -0.1) is 0 Å². The number of aromatic nitrogens is 1. The number of nitrogens with zero attached hydrogens (tertiary/aromatic N) is 2. The van der Waals surface area contributed by atoms with Crippen LogP contribution in [0, 0.1) is 0 Å². The van der Waals surface area contributed by atoms with E-state index in [1.54, 1.807) is 12.3 Å². The lowest BCUT2D eigenvalue weighted by molar-refractivity contribution is -0.117. The van der Waals surface area contributed by atoms with Gasteiger partial charge in [0.1, 0.15) is 5.82 Å². The Bertz CT molecular complexity index is 356. The van der Waals surface area contributed by atoms with Crippen LogP contribution in [0.3, 0.4) is 0 Å². The molecule has 0 bridgehead atoms. The zero-order valence-corrected chi connectivity index (χ0v) is 11.3. The van der Waals surface area contributed by atoms with E-state index in [-0.39, 0.29) is 19.1 Å². The molecule has 1 heterocycles. The molecule has 0 atom stereocenters. The molecule has 0 radical (unpaired) electrons. The summed E-state index contributed by atoms with van der Waals surface area (Å²) in [7, 11) is 1.84. The van der Waals surface area contributed by atoms with E-state index in [9.17, 15) is 4.79 Å². The Labute approximate surface area is 109 Å². The molecule has 0 saturated heterocycles. The molecule has 1 aromatic rings. The minimum Gasteiger partial charge on any atom is -0.396 e. The van der Waals surface area contributed by atoms with Crippen LogP contribution in [-0.4, -0.2) is 47.6 Å². The quantitative estimate of drug-likeness (QED) is 0.826. The zero-order valence-electron chi connectivity index (χ0n) is 9.69. The van der Waals surface area contributed by atoms with Crippen molar-refractivity contribution in [3.05, 3.63) is 22.8 Å². The maximum absolute atomic E-state index is 11.6. The third kappa shape index (κ3) is 5.76. The van der Waals surface area contributed by atoms with Gasteiger partial charge in [0.2, 0.25) is 5.91 Å². The van der Waals surface area contributed by atoms with Crippen molar-refractivity contribution in [3.8, 4) is 0 Å². The van der Waals surface area contributed by atoms with E-state index in [1.165, 1.54) is 0 Å². The third-order valence-electron chi connectivity index (χ3n) is 2.11. The van der Waals surface area contributed by atoms with Crippen LogP contribution in [0.2, 0.25) is 0 Å². The zero-order chi connectivity index (χ0) is 12.7. The number of hydrogen-bond acceptors (Lipinski definition) is 4. The van der Waals surface area contributed by atoms with Gasteiger partial charge in [0.25, 0.3) is 0 Å². The van der Waals surface area contributed by atoms with Gasteiger partial charge in [-0.1, -0.05) is 0 Å². The molecular weight excluding hydrogens is 286 g/mol. The molecule has 0 fully saturated rings. The van der Waals surface area contributed by atoms with Crippen LogP contribution in [-0.2, 0) is 4.79 Å². The number of hydrogen-bond donors (Lipinski definition) is 2. The van der Waals surface area contributed by atoms with Crippen molar-refractivity contribution in [1.82, 2.24) is 9.88 Å². The van der Waals surface area contributed by atoms with Gasteiger partial charge in [-0.3, -0.25) is 9.69 Å². The molecule has 0 aliphatic heterocycles. The number of carbonyl (C=O) groups is 1. The molecule has 0 spiro atoms. The lowest BCUT2D eigenvalue weighted by Crippen LogP contribution is -2.31. The average molecular weight is 302 g/mol. The second-order valence-electron chi connectivity index (χ2n) is 3.72. The van der Waals surface area contributed by atoms with E-state index < -0.39 is 0 Å².